The predicted octanol–water partition coefficient (Wildman–Crippen LogP) is 3.80. The maximum Gasteiger partial charge on any atom is 0.101 e. The fraction of sp³-hybridized carbons (Fsp3) is 0.182. The highest BCUT2D eigenvalue weighted by Crippen LogP contribution is 2.34. The van der Waals surface area contributed by atoms with Crippen LogP contribution in [0, 0.1) is 18.3 Å². The third-order valence-electron chi connectivity index (χ3n) is 2.19. The number of aryl methyl sites for hydroxylation is 1. The van der Waals surface area contributed by atoms with Crippen LogP contribution in [0.3, 0.4) is 0 Å². The van der Waals surface area contributed by atoms with Crippen molar-refractivity contribution in [3.8, 4) is 6.07 Å². The second-order valence-corrected chi connectivity index (χ2v) is 5.22. The maximum atomic E-state index is 9.05. The minimum absolute atomic E-state index is 0.827. The SMILES string of the molecule is CSc1cc2ccc(C)c(C#N)c2s1. The Kier molecular flexibility index (Phi) is 2.49. The van der Waals surface area contributed by atoms with Gasteiger partial charge in [-0.15, -0.1) is 23.1 Å². The Morgan fingerprint density at radius 1 is 1.43 bits per heavy atom. The Morgan fingerprint density at radius 2 is 2.21 bits per heavy atom. The van der Waals surface area contributed by atoms with E-state index >= 15 is 0 Å². The summed E-state index contributed by atoms with van der Waals surface area (Å²) in [4.78, 5) is 0. The van der Waals surface area contributed by atoms with Crippen LogP contribution in [-0.2, 0) is 0 Å². The summed E-state index contributed by atoms with van der Waals surface area (Å²) in [5.41, 5.74) is 1.89. The van der Waals surface area contributed by atoms with Crippen LogP contribution < -0.4 is 0 Å². The molecule has 0 fully saturated rings. The molecule has 2 rings (SSSR count). The van der Waals surface area contributed by atoms with Crippen molar-refractivity contribution in [2.75, 3.05) is 6.26 Å². The molecule has 0 amide bonds. The fourth-order valence-corrected chi connectivity index (χ4v) is 3.19. The molecule has 1 heterocycles. The first-order valence-corrected chi connectivity index (χ1v) is 6.27. The first-order valence-electron chi connectivity index (χ1n) is 4.23. The highest BCUT2D eigenvalue weighted by molar-refractivity contribution is 8.00. The lowest BCUT2D eigenvalue weighted by Gasteiger charge is -1.96. The van der Waals surface area contributed by atoms with E-state index in [0.29, 0.717) is 0 Å². The molecule has 0 saturated carbocycles. The monoisotopic (exact) mass is 219 g/mol. The lowest BCUT2D eigenvalue weighted by Crippen LogP contribution is -1.80. The van der Waals surface area contributed by atoms with Gasteiger partial charge in [0.05, 0.1) is 14.5 Å². The van der Waals surface area contributed by atoms with Gasteiger partial charge in [0.25, 0.3) is 0 Å². The summed E-state index contributed by atoms with van der Waals surface area (Å²) < 4.78 is 2.39. The molecule has 0 bridgehead atoms. The molecule has 0 spiro atoms. The first kappa shape index (κ1) is 9.57. The molecule has 1 aromatic heterocycles. The molecule has 0 atom stereocenters. The number of nitrogens with zero attached hydrogens (tertiary/aromatic N) is 1. The molecule has 0 unspecified atom stereocenters. The average Bonchev–Trinajstić information content (AvgIpc) is 2.60. The maximum absolute atomic E-state index is 9.05. The second kappa shape index (κ2) is 3.64. The average molecular weight is 219 g/mol. The van der Waals surface area contributed by atoms with E-state index in [9.17, 15) is 0 Å². The van der Waals surface area contributed by atoms with E-state index in [2.05, 4.69) is 24.5 Å². The summed E-state index contributed by atoms with van der Waals surface area (Å²) in [6, 6.07) is 8.52. The van der Waals surface area contributed by atoms with Crippen molar-refractivity contribution >= 4 is 33.2 Å². The molecule has 1 nitrogen and oxygen atoms in total. The zero-order chi connectivity index (χ0) is 10.1. The quantitative estimate of drug-likeness (QED) is 0.681. The Labute approximate surface area is 91.4 Å². The minimum atomic E-state index is 0.827. The molecule has 0 aliphatic carbocycles. The Balaban J connectivity index is 2.81. The van der Waals surface area contributed by atoms with E-state index in [1.807, 2.05) is 13.0 Å². The molecule has 0 aliphatic heterocycles. The van der Waals surface area contributed by atoms with E-state index in [0.717, 1.165) is 15.8 Å². The number of rotatable bonds is 1. The van der Waals surface area contributed by atoms with Gasteiger partial charge in [-0.1, -0.05) is 12.1 Å². The Hall–Kier alpha value is -0.980. The summed E-state index contributed by atoms with van der Waals surface area (Å²) >= 11 is 3.43. The number of nitriles is 1. The van der Waals surface area contributed by atoms with E-state index in [1.165, 1.54) is 9.60 Å². The van der Waals surface area contributed by atoms with Crippen molar-refractivity contribution < 1.29 is 0 Å². The van der Waals surface area contributed by atoms with Crippen LogP contribution in [0.4, 0.5) is 0 Å². The third-order valence-corrected chi connectivity index (χ3v) is 4.42. The zero-order valence-corrected chi connectivity index (χ0v) is 9.63. The number of fused-ring (bicyclic) bond motifs is 1. The van der Waals surface area contributed by atoms with Crippen molar-refractivity contribution in [3.05, 3.63) is 29.3 Å². The Morgan fingerprint density at radius 3 is 2.86 bits per heavy atom. The van der Waals surface area contributed by atoms with Crippen molar-refractivity contribution in [3.63, 3.8) is 0 Å². The molecule has 70 valence electrons. The van der Waals surface area contributed by atoms with Gasteiger partial charge < -0.3 is 0 Å². The van der Waals surface area contributed by atoms with Gasteiger partial charge in [-0.2, -0.15) is 5.26 Å². The van der Waals surface area contributed by atoms with Gasteiger partial charge in [0, 0.05) is 0 Å². The summed E-state index contributed by atoms with van der Waals surface area (Å²) in [5, 5.41) is 10.2. The van der Waals surface area contributed by atoms with Gasteiger partial charge in [-0.3, -0.25) is 0 Å². The first-order chi connectivity index (χ1) is 6.76. The zero-order valence-electron chi connectivity index (χ0n) is 8.00. The fourth-order valence-electron chi connectivity index (χ4n) is 1.42. The number of thiophene rings is 1. The lowest BCUT2D eigenvalue weighted by molar-refractivity contribution is 1.43. The van der Waals surface area contributed by atoms with E-state index < -0.39 is 0 Å². The van der Waals surface area contributed by atoms with Crippen molar-refractivity contribution in [1.29, 1.82) is 5.26 Å². The molecule has 0 saturated heterocycles. The molecule has 0 aliphatic rings. The molecular formula is C11H9NS2. The van der Waals surface area contributed by atoms with Gasteiger partial charge in [-0.25, -0.2) is 0 Å². The van der Waals surface area contributed by atoms with Gasteiger partial charge in [0.15, 0.2) is 0 Å². The highest BCUT2D eigenvalue weighted by Gasteiger charge is 2.07. The van der Waals surface area contributed by atoms with Gasteiger partial charge >= 0.3 is 0 Å². The largest absolute Gasteiger partial charge is 0.192 e. The van der Waals surface area contributed by atoms with Crippen LogP contribution in [0.1, 0.15) is 11.1 Å². The second-order valence-electron chi connectivity index (χ2n) is 3.06. The number of hydrogen-bond donors (Lipinski definition) is 0. The summed E-state index contributed by atoms with van der Waals surface area (Å²) in [5.74, 6) is 0. The molecule has 0 N–H and O–H groups in total. The smallest absolute Gasteiger partial charge is 0.101 e. The number of thioether (sulfide) groups is 1. The highest BCUT2D eigenvalue weighted by atomic mass is 32.2. The number of benzene rings is 1. The van der Waals surface area contributed by atoms with Crippen LogP contribution in [0.5, 0.6) is 0 Å². The topological polar surface area (TPSA) is 23.8 Å². The van der Waals surface area contributed by atoms with Crippen molar-refractivity contribution in [1.82, 2.24) is 0 Å². The summed E-state index contributed by atoms with van der Waals surface area (Å²) in [7, 11) is 0. The van der Waals surface area contributed by atoms with Crippen LogP contribution in [-0.4, -0.2) is 6.26 Å². The molecular weight excluding hydrogens is 210 g/mol. The van der Waals surface area contributed by atoms with Crippen LogP contribution in [0.15, 0.2) is 22.4 Å². The predicted molar refractivity (Wildman–Crippen MR) is 63.1 cm³/mol. The minimum Gasteiger partial charge on any atom is -0.192 e. The van der Waals surface area contributed by atoms with Crippen molar-refractivity contribution in [2.24, 2.45) is 0 Å². The third kappa shape index (κ3) is 1.41. The summed E-state index contributed by atoms with van der Waals surface area (Å²) in [6.07, 6.45) is 2.06. The standard InChI is InChI=1S/C11H9NS2/c1-7-3-4-8-5-10(13-2)14-11(8)9(7)6-12/h3-5H,1-2H3. The van der Waals surface area contributed by atoms with E-state index in [4.69, 9.17) is 5.26 Å². The molecule has 1 aromatic carbocycles. The van der Waals surface area contributed by atoms with Gasteiger partial charge in [0.2, 0.25) is 0 Å². The Bertz CT molecular complexity index is 520. The summed E-state index contributed by atoms with van der Waals surface area (Å²) in [6.45, 7) is 1.98. The van der Waals surface area contributed by atoms with Gasteiger partial charge in [-0.05, 0) is 30.2 Å². The number of hydrogen-bond acceptors (Lipinski definition) is 3. The van der Waals surface area contributed by atoms with Gasteiger partial charge in [0.1, 0.15) is 6.07 Å². The molecule has 14 heavy (non-hydrogen) atoms. The normalized spacial score (nSPS) is 10.4. The molecule has 0 radical (unpaired) electrons. The van der Waals surface area contributed by atoms with Crippen LogP contribution >= 0.6 is 23.1 Å². The lowest BCUT2D eigenvalue weighted by atomic mass is 10.1. The molecule has 3 heteroatoms. The van der Waals surface area contributed by atoms with E-state index in [-0.39, 0.29) is 0 Å². The molecule has 2 aromatic rings. The van der Waals surface area contributed by atoms with Crippen LogP contribution in [0.2, 0.25) is 0 Å². The van der Waals surface area contributed by atoms with Crippen LogP contribution in [0.25, 0.3) is 10.1 Å². The van der Waals surface area contributed by atoms with E-state index in [1.54, 1.807) is 23.1 Å². The van der Waals surface area contributed by atoms with Crippen molar-refractivity contribution in [2.45, 2.75) is 11.1 Å².